The summed E-state index contributed by atoms with van der Waals surface area (Å²) in [6.45, 7) is 0. The molecule has 0 aliphatic heterocycles. The smallest absolute Gasteiger partial charge is 0.141 e. The van der Waals surface area contributed by atoms with E-state index < -0.39 is 5.82 Å². The predicted molar refractivity (Wildman–Crippen MR) is 78.4 cm³/mol. The number of rotatable bonds is 2. The van der Waals surface area contributed by atoms with Crippen molar-refractivity contribution in [1.29, 1.82) is 0 Å². The minimum absolute atomic E-state index is 0.0404. The van der Waals surface area contributed by atoms with E-state index in [4.69, 9.17) is 17.3 Å². The van der Waals surface area contributed by atoms with E-state index in [1.807, 2.05) is 30.3 Å². The molecule has 0 radical (unpaired) electrons. The number of aromatic nitrogens is 2. The molecule has 0 aliphatic carbocycles. The summed E-state index contributed by atoms with van der Waals surface area (Å²) in [6.07, 6.45) is 1.68. The van der Waals surface area contributed by atoms with Gasteiger partial charge in [-0.2, -0.15) is 5.10 Å². The zero-order valence-corrected chi connectivity index (χ0v) is 11.2. The Balaban J connectivity index is 2.08. The summed E-state index contributed by atoms with van der Waals surface area (Å²) >= 11 is 5.78. The molecule has 20 heavy (non-hydrogen) atoms. The van der Waals surface area contributed by atoms with E-state index in [1.54, 1.807) is 12.3 Å². The summed E-state index contributed by atoms with van der Waals surface area (Å²) in [5.41, 5.74) is 8.54. The SMILES string of the molecule is Nc1c(-c2ccccc2)cnn1-c1ccc(F)c(Cl)c1. The van der Waals surface area contributed by atoms with Crippen LogP contribution < -0.4 is 5.73 Å². The third-order valence-electron chi connectivity index (χ3n) is 3.04. The minimum atomic E-state index is -0.468. The van der Waals surface area contributed by atoms with Crippen LogP contribution in [0.1, 0.15) is 0 Å². The second-order valence-corrected chi connectivity index (χ2v) is 4.73. The van der Waals surface area contributed by atoms with Crippen LogP contribution in [0.5, 0.6) is 0 Å². The van der Waals surface area contributed by atoms with E-state index in [9.17, 15) is 4.39 Å². The number of benzene rings is 2. The van der Waals surface area contributed by atoms with E-state index in [1.165, 1.54) is 16.8 Å². The molecule has 0 saturated heterocycles. The van der Waals surface area contributed by atoms with Crippen LogP contribution >= 0.6 is 11.6 Å². The lowest BCUT2D eigenvalue weighted by molar-refractivity contribution is 0.627. The average molecular weight is 288 g/mol. The van der Waals surface area contributed by atoms with Gasteiger partial charge in [-0.1, -0.05) is 41.9 Å². The first-order chi connectivity index (χ1) is 9.66. The fraction of sp³-hybridized carbons (Fsp3) is 0. The number of nitrogens with zero attached hydrogens (tertiary/aromatic N) is 2. The van der Waals surface area contributed by atoms with Gasteiger partial charge in [-0.25, -0.2) is 9.07 Å². The molecular formula is C15H11ClFN3. The predicted octanol–water partition coefficient (Wildman–Crippen LogP) is 3.91. The quantitative estimate of drug-likeness (QED) is 0.776. The van der Waals surface area contributed by atoms with Crippen molar-refractivity contribution in [2.45, 2.75) is 0 Å². The highest BCUT2D eigenvalue weighted by Gasteiger charge is 2.11. The van der Waals surface area contributed by atoms with Crippen molar-refractivity contribution in [3.8, 4) is 16.8 Å². The Bertz CT molecular complexity index is 753. The lowest BCUT2D eigenvalue weighted by Gasteiger charge is -2.06. The van der Waals surface area contributed by atoms with Crippen molar-refractivity contribution in [3.63, 3.8) is 0 Å². The minimum Gasteiger partial charge on any atom is -0.383 e. The molecule has 100 valence electrons. The highest BCUT2D eigenvalue weighted by molar-refractivity contribution is 6.30. The summed E-state index contributed by atoms with van der Waals surface area (Å²) in [6, 6.07) is 14.1. The van der Waals surface area contributed by atoms with Gasteiger partial charge in [-0.05, 0) is 23.8 Å². The molecule has 0 unspecified atom stereocenters. The summed E-state index contributed by atoms with van der Waals surface area (Å²) in [5.74, 6) is 0.0169. The van der Waals surface area contributed by atoms with Gasteiger partial charge in [-0.3, -0.25) is 0 Å². The Kier molecular flexibility index (Phi) is 3.16. The summed E-state index contributed by atoms with van der Waals surface area (Å²) in [7, 11) is 0. The Morgan fingerprint density at radius 2 is 1.85 bits per heavy atom. The Hall–Kier alpha value is -2.33. The third-order valence-corrected chi connectivity index (χ3v) is 3.33. The van der Waals surface area contributed by atoms with Gasteiger partial charge in [0.05, 0.1) is 16.9 Å². The third kappa shape index (κ3) is 2.14. The van der Waals surface area contributed by atoms with Gasteiger partial charge < -0.3 is 5.73 Å². The zero-order chi connectivity index (χ0) is 14.1. The van der Waals surface area contributed by atoms with Gasteiger partial charge >= 0.3 is 0 Å². The molecule has 0 aliphatic rings. The normalized spacial score (nSPS) is 10.7. The molecule has 3 aromatic rings. The molecule has 1 aromatic heterocycles. The molecule has 2 N–H and O–H groups in total. The van der Waals surface area contributed by atoms with Crippen LogP contribution in [0.3, 0.4) is 0 Å². The number of hydrogen-bond donors (Lipinski definition) is 1. The van der Waals surface area contributed by atoms with Crippen LogP contribution in [0.4, 0.5) is 10.2 Å². The van der Waals surface area contributed by atoms with E-state index >= 15 is 0 Å². The van der Waals surface area contributed by atoms with Crippen molar-refractivity contribution in [1.82, 2.24) is 9.78 Å². The number of halogens is 2. The molecule has 0 amide bonds. The van der Waals surface area contributed by atoms with E-state index in [-0.39, 0.29) is 5.02 Å². The fourth-order valence-electron chi connectivity index (χ4n) is 2.02. The van der Waals surface area contributed by atoms with Gasteiger partial charge in [0.15, 0.2) is 0 Å². The highest BCUT2D eigenvalue weighted by Crippen LogP contribution is 2.28. The van der Waals surface area contributed by atoms with E-state index in [0.717, 1.165) is 11.1 Å². The molecular weight excluding hydrogens is 277 g/mol. The van der Waals surface area contributed by atoms with Crippen molar-refractivity contribution >= 4 is 17.4 Å². The monoisotopic (exact) mass is 287 g/mol. The van der Waals surface area contributed by atoms with E-state index in [0.29, 0.717) is 11.5 Å². The van der Waals surface area contributed by atoms with Crippen molar-refractivity contribution < 1.29 is 4.39 Å². The van der Waals surface area contributed by atoms with Crippen LogP contribution in [-0.2, 0) is 0 Å². The van der Waals surface area contributed by atoms with Crippen LogP contribution in [0.25, 0.3) is 16.8 Å². The largest absolute Gasteiger partial charge is 0.383 e. The van der Waals surface area contributed by atoms with Gasteiger partial charge in [-0.15, -0.1) is 0 Å². The first-order valence-corrected chi connectivity index (χ1v) is 6.39. The number of hydrogen-bond acceptors (Lipinski definition) is 2. The first-order valence-electron chi connectivity index (χ1n) is 6.01. The topological polar surface area (TPSA) is 43.8 Å². The summed E-state index contributed by atoms with van der Waals surface area (Å²) in [5, 5.41) is 4.28. The second-order valence-electron chi connectivity index (χ2n) is 4.32. The number of nitrogens with two attached hydrogens (primary N) is 1. The molecule has 0 bridgehead atoms. The average Bonchev–Trinajstić information content (AvgIpc) is 2.85. The Morgan fingerprint density at radius 1 is 1.10 bits per heavy atom. The highest BCUT2D eigenvalue weighted by atomic mass is 35.5. The van der Waals surface area contributed by atoms with Gasteiger partial charge in [0.25, 0.3) is 0 Å². The number of nitrogen functional groups attached to an aromatic ring is 1. The first kappa shape index (κ1) is 12.7. The molecule has 5 heteroatoms. The van der Waals surface area contributed by atoms with Gasteiger partial charge in [0.1, 0.15) is 11.6 Å². The maximum Gasteiger partial charge on any atom is 0.141 e. The van der Waals surface area contributed by atoms with Crippen LogP contribution in [-0.4, -0.2) is 9.78 Å². The molecule has 2 aromatic carbocycles. The summed E-state index contributed by atoms with van der Waals surface area (Å²) in [4.78, 5) is 0. The lowest BCUT2D eigenvalue weighted by Crippen LogP contribution is -2.02. The van der Waals surface area contributed by atoms with Crippen molar-refractivity contribution in [3.05, 3.63) is 65.6 Å². The van der Waals surface area contributed by atoms with Crippen molar-refractivity contribution in [2.75, 3.05) is 5.73 Å². The molecule has 1 heterocycles. The molecule has 3 nitrogen and oxygen atoms in total. The van der Waals surface area contributed by atoms with Crippen LogP contribution in [0.2, 0.25) is 5.02 Å². The molecule has 0 atom stereocenters. The van der Waals surface area contributed by atoms with Gasteiger partial charge in [0, 0.05) is 5.56 Å². The van der Waals surface area contributed by atoms with Crippen molar-refractivity contribution in [2.24, 2.45) is 0 Å². The standard InChI is InChI=1S/C15H11ClFN3/c16-13-8-11(6-7-14(13)17)20-15(18)12(9-19-20)10-4-2-1-3-5-10/h1-9H,18H2. The maximum atomic E-state index is 13.2. The van der Waals surface area contributed by atoms with E-state index in [2.05, 4.69) is 5.10 Å². The second kappa shape index (κ2) is 4.98. The lowest BCUT2D eigenvalue weighted by atomic mass is 10.1. The summed E-state index contributed by atoms with van der Waals surface area (Å²) < 4.78 is 14.7. The number of anilines is 1. The van der Waals surface area contributed by atoms with Crippen LogP contribution in [0, 0.1) is 5.82 Å². The molecule has 0 fully saturated rings. The van der Waals surface area contributed by atoms with Gasteiger partial charge in [0.2, 0.25) is 0 Å². The Labute approximate surface area is 120 Å². The zero-order valence-electron chi connectivity index (χ0n) is 10.4. The van der Waals surface area contributed by atoms with Crippen LogP contribution in [0.15, 0.2) is 54.7 Å². The molecule has 0 saturated carbocycles. The molecule has 3 rings (SSSR count). The fourth-order valence-corrected chi connectivity index (χ4v) is 2.20. The Morgan fingerprint density at radius 3 is 2.55 bits per heavy atom. The maximum absolute atomic E-state index is 13.2. The molecule has 0 spiro atoms.